The van der Waals surface area contributed by atoms with Crippen molar-refractivity contribution in [3.05, 3.63) is 34.9 Å². The predicted molar refractivity (Wildman–Crippen MR) is 69.4 cm³/mol. The van der Waals surface area contributed by atoms with Crippen molar-refractivity contribution >= 4 is 11.8 Å². The first-order valence-electron chi connectivity index (χ1n) is 6.21. The Labute approximate surface area is 107 Å². The predicted octanol–water partition coefficient (Wildman–Crippen LogP) is 1.27. The maximum absolute atomic E-state index is 12.4. The van der Waals surface area contributed by atoms with E-state index in [4.69, 9.17) is 0 Å². The van der Waals surface area contributed by atoms with Gasteiger partial charge in [0, 0.05) is 18.7 Å². The van der Waals surface area contributed by atoms with Crippen molar-refractivity contribution in [2.24, 2.45) is 0 Å². The summed E-state index contributed by atoms with van der Waals surface area (Å²) in [5.74, 6) is -0.129. The van der Waals surface area contributed by atoms with E-state index in [1.54, 1.807) is 4.90 Å². The van der Waals surface area contributed by atoms with Crippen molar-refractivity contribution in [1.82, 2.24) is 10.2 Å². The van der Waals surface area contributed by atoms with Crippen LogP contribution >= 0.6 is 0 Å². The van der Waals surface area contributed by atoms with Gasteiger partial charge in [-0.25, -0.2) is 0 Å². The van der Waals surface area contributed by atoms with Crippen molar-refractivity contribution in [3.8, 4) is 0 Å². The van der Waals surface area contributed by atoms with Crippen molar-refractivity contribution in [1.29, 1.82) is 0 Å². The van der Waals surface area contributed by atoms with Crippen LogP contribution in [0.3, 0.4) is 0 Å². The fourth-order valence-electron chi connectivity index (χ4n) is 2.20. The van der Waals surface area contributed by atoms with Crippen molar-refractivity contribution in [2.45, 2.75) is 20.3 Å². The molecule has 0 atom stereocenters. The topological polar surface area (TPSA) is 49.4 Å². The third-order valence-corrected chi connectivity index (χ3v) is 3.16. The van der Waals surface area contributed by atoms with Crippen LogP contribution in [0.5, 0.6) is 0 Å². The highest BCUT2D eigenvalue weighted by molar-refractivity contribution is 5.97. The molecule has 0 radical (unpaired) electrons. The lowest BCUT2D eigenvalue weighted by Gasteiger charge is -2.20. The normalized spacial score (nSPS) is 16.1. The molecule has 4 nitrogen and oxygen atoms in total. The zero-order valence-electron chi connectivity index (χ0n) is 10.8. The number of hydrogen-bond donors (Lipinski definition) is 1. The third-order valence-electron chi connectivity index (χ3n) is 3.16. The average Bonchev–Trinajstić information content (AvgIpc) is 2.53. The largest absolute Gasteiger partial charge is 0.354 e. The molecule has 4 heteroatoms. The molecule has 1 N–H and O–H groups in total. The van der Waals surface area contributed by atoms with Gasteiger partial charge in [0.1, 0.15) is 0 Å². The molecule has 1 aromatic carbocycles. The summed E-state index contributed by atoms with van der Waals surface area (Å²) in [6, 6.07) is 5.76. The second-order valence-corrected chi connectivity index (χ2v) is 4.75. The minimum absolute atomic E-state index is 0.0513. The van der Waals surface area contributed by atoms with Crippen LogP contribution in [0, 0.1) is 13.8 Å². The molecule has 1 saturated heterocycles. The van der Waals surface area contributed by atoms with Crippen LogP contribution in [0.25, 0.3) is 0 Å². The molecule has 1 heterocycles. The Hall–Kier alpha value is -1.84. The van der Waals surface area contributed by atoms with Crippen molar-refractivity contribution < 1.29 is 9.59 Å². The molecule has 1 fully saturated rings. The number of nitrogens with zero attached hydrogens (tertiary/aromatic N) is 1. The van der Waals surface area contributed by atoms with Crippen LogP contribution in [-0.2, 0) is 4.79 Å². The van der Waals surface area contributed by atoms with E-state index in [1.165, 1.54) is 0 Å². The zero-order chi connectivity index (χ0) is 13.1. The fraction of sp³-hybridized carbons (Fsp3) is 0.429. The van der Waals surface area contributed by atoms with E-state index in [0.29, 0.717) is 18.7 Å². The maximum atomic E-state index is 12.4. The lowest BCUT2D eigenvalue weighted by Crippen LogP contribution is -2.37. The van der Waals surface area contributed by atoms with E-state index in [-0.39, 0.29) is 18.4 Å². The van der Waals surface area contributed by atoms with Gasteiger partial charge >= 0.3 is 0 Å². The molecular formula is C14H18N2O2. The summed E-state index contributed by atoms with van der Waals surface area (Å²) in [6.07, 6.45) is 0.808. The number of rotatable bonds is 1. The van der Waals surface area contributed by atoms with Gasteiger partial charge in [0.2, 0.25) is 5.91 Å². The highest BCUT2D eigenvalue weighted by atomic mass is 16.2. The molecule has 2 amide bonds. The monoisotopic (exact) mass is 246 g/mol. The molecule has 96 valence electrons. The number of aryl methyl sites for hydroxylation is 2. The molecule has 2 rings (SSSR count). The highest BCUT2D eigenvalue weighted by Gasteiger charge is 2.21. The summed E-state index contributed by atoms with van der Waals surface area (Å²) < 4.78 is 0. The van der Waals surface area contributed by atoms with Gasteiger partial charge in [0.25, 0.3) is 5.91 Å². The molecular weight excluding hydrogens is 228 g/mol. The lowest BCUT2D eigenvalue weighted by molar-refractivity contribution is -0.121. The molecule has 0 aromatic heterocycles. The first-order chi connectivity index (χ1) is 8.58. The number of hydrogen-bond acceptors (Lipinski definition) is 2. The summed E-state index contributed by atoms with van der Waals surface area (Å²) in [5, 5.41) is 2.77. The minimum atomic E-state index is -0.0781. The van der Waals surface area contributed by atoms with E-state index in [1.807, 2.05) is 32.0 Å². The molecule has 0 spiro atoms. The summed E-state index contributed by atoms with van der Waals surface area (Å²) in [4.78, 5) is 25.5. The summed E-state index contributed by atoms with van der Waals surface area (Å²) in [6.45, 7) is 5.37. The quantitative estimate of drug-likeness (QED) is 0.811. The summed E-state index contributed by atoms with van der Waals surface area (Å²) >= 11 is 0. The Morgan fingerprint density at radius 3 is 2.83 bits per heavy atom. The summed E-state index contributed by atoms with van der Waals surface area (Å²) in [5.41, 5.74) is 2.79. The standard InChI is InChI=1S/C14H18N2O2/c1-10-4-5-12(11(2)8-10)14(18)16-7-3-6-15-13(17)9-16/h4-5,8H,3,6-7,9H2,1-2H3,(H,15,17). The number of carbonyl (C=O) groups is 2. The van der Waals surface area contributed by atoms with Gasteiger partial charge in [-0.2, -0.15) is 0 Å². The van der Waals surface area contributed by atoms with Gasteiger partial charge in [0.05, 0.1) is 6.54 Å². The SMILES string of the molecule is Cc1ccc(C(=O)N2CCCNC(=O)C2)c(C)c1. The molecule has 1 aromatic rings. The molecule has 1 aliphatic rings. The van der Waals surface area contributed by atoms with Gasteiger partial charge < -0.3 is 10.2 Å². The van der Waals surface area contributed by atoms with Crippen LogP contribution < -0.4 is 5.32 Å². The van der Waals surface area contributed by atoms with Crippen molar-refractivity contribution in [3.63, 3.8) is 0 Å². The lowest BCUT2D eigenvalue weighted by atomic mass is 10.0. The Balaban J connectivity index is 2.21. The second-order valence-electron chi connectivity index (χ2n) is 4.75. The fourth-order valence-corrected chi connectivity index (χ4v) is 2.20. The maximum Gasteiger partial charge on any atom is 0.254 e. The van der Waals surface area contributed by atoms with Gasteiger partial charge in [-0.05, 0) is 31.9 Å². The molecule has 0 bridgehead atoms. The molecule has 0 unspecified atom stereocenters. The van der Waals surface area contributed by atoms with E-state index in [0.717, 1.165) is 17.5 Å². The summed E-state index contributed by atoms with van der Waals surface area (Å²) in [7, 11) is 0. The Kier molecular flexibility index (Phi) is 3.65. The highest BCUT2D eigenvalue weighted by Crippen LogP contribution is 2.14. The number of nitrogens with one attached hydrogen (secondary N) is 1. The van der Waals surface area contributed by atoms with E-state index < -0.39 is 0 Å². The van der Waals surface area contributed by atoms with Crippen molar-refractivity contribution in [2.75, 3.05) is 19.6 Å². The van der Waals surface area contributed by atoms with Gasteiger partial charge in [-0.3, -0.25) is 9.59 Å². The van der Waals surface area contributed by atoms with Crippen LogP contribution in [0.15, 0.2) is 18.2 Å². The third kappa shape index (κ3) is 2.70. The average molecular weight is 246 g/mol. The number of benzene rings is 1. The van der Waals surface area contributed by atoms with E-state index >= 15 is 0 Å². The smallest absolute Gasteiger partial charge is 0.254 e. The van der Waals surface area contributed by atoms with Crippen LogP contribution in [-0.4, -0.2) is 36.3 Å². The Morgan fingerprint density at radius 2 is 2.11 bits per heavy atom. The Bertz CT molecular complexity index is 483. The molecule has 0 saturated carbocycles. The molecule has 1 aliphatic heterocycles. The first-order valence-corrected chi connectivity index (χ1v) is 6.21. The van der Waals surface area contributed by atoms with Crippen LogP contribution in [0.2, 0.25) is 0 Å². The zero-order valence-corrected chi connectivity index (χ0v) is 10.8. The first kappa shape index (κ1) is 12.6. The Morgan fingerprint density at radius 1 is 1.33 bits per heavy atom. The number of amides is 2. The van der Waals surface area contributed by atoms with Crippen LogP contribution in [0.1, 0.15) is 27.9 Å². The minimum Gasteiger partial charge on any atom is -0.354 e. The van der Waals surface area contributed by atoms with Gasteiger partial charge in [-0.15, -0.1) is 0 Å². The van der Waals surface area contributed by atoms with Crippen LogP contribution in [0.4, 0.5) is 0 Å². The van der Waals surface area contributed by atoms with Gasteiger partial charge in [0.15, 0.2) is 0 Å². The van der Waals surface area contributed by atoms with Gasteiger partial charge in [-0.1, -0.05) is 17.7 Å². The van der Waals surface area contributed by atoms with E-state index in [2.05, 4.69) is 5.32 Å². The molecule has 0 aliphatic carbocycles. The van der Waals surface area contributed by atoms with E-state index in [9.17, 15) is 9.59 Å². The second kappa shape index (κ2) is 5.21. The molecule has 18 heavy (non-hydrogen) atoms. The number of carbonyl (C=O) groups excluding carboxylic acids is 2.